The van der Waals surface area contributed by atoms with E-state index in [1.54, 1.807) is 44.4 Å². The summed E-state index contributed by atoms with van der Waals surface area (Å²) in [6.07, 6.45) is 0. The Labute approximate surface area is 170 Å². The Hall–Kier alpha value is -3.32. The van der Waals surface area contributed by atoms with Gasteiger partial charge in [0.25, 0.3) is 15.9 Å². The van der Waals surface area contributed by atoms with E-state index in [4.69, 9.17) is 4.74 Å². The monoisotopic (exact) mass is 410 g/mol. The van der Waals surface area contributed by atoms with Gasteiger partial charge in [-0.1, -0.05) is 18.2 Å². The normalized spacial score (nSPS) is 11.0. The van der Waals surface area contributed by atoms with Gasteiger partial charge in [-0.2, -0.15) is 0 Å². The van der Waals surface area contributed by atoms with E-state index in [0.717, 1.165) is 5.56 Å². The molecule has 3 rings (SSSR count). The summed E-state index contributed by atoms with van der Waals surface area (Å²) in [6, 6.07) is 18.5. The Kier molecular flexibility index (Phi) is 5.89. The van der Waals surface area contributed by atoms with Crippen LogP contribution in [0, 0.1) is 13.8 Å². The zero-order chi connectivity index (χ0) is 21.0. The molecule has 150 valence electrons. The minimum Gasteiger partial charge on any atom is -0.497 e. The lowest BCUT2D eigenvalue weighted by molar-refractivity contribution is 0.102. The van der Waals surface area contributed by atoms with E-state index in [-0.39, 0.29) is 10.8 Å². The Bertz CT molecular complexity index is 1140. The van der Waals surface area contributed by atoms with Crippen molar-refractivity contribution >= 4 is 27.3 Å². The van der Waals surface area contributed by atoms with Gasteiger partial charge in [0.1, 0.15) is 5.75 Å². The lowest BCUT2D eigenvalue weighted by Gasteiger charge is -2.13. The molecule has 0 aromatic heterocycles. The van der Waals surface area contributed by atoms with Gasteiger partial charge in [0.05, 0.1) is 12.0 Å². The number of hydrogen-bond acceptors (Lipinski definition) is 4. The molecule has 0 aliphatic heterocycles. The summed E-state index contributed by atoms with van der Waals surface area (Å²) in [5.41, 5.74) is 2.94. The van der Waals surface area contributed by atoms with Crippen molar-refractivity contribution in [3.63, 3.8) is 0 Å². The zero-order valence-electron chi connectivity index (χ0n) is 16.4. The summed E-state index contributed by atoms with van der Waals surface area (Å²) in [7, 11) is -2.25. The van der Waals surface area contributed by atoms with Crippen LogP contribution in [0.3, 0.4) is 0 Å². The predicted octanol–water partition coefficient (Wildman–Crippen LogP) is 4.37. The highest BCUT2D eigenvalue weighted by molar-refractivity contribution is 7.92. The van der Waals surface area contributed by atoms with Crippen LogP contribution in [0.4, 0.5) is 11.4 Å². The molecule has 0 fully saturated rings. The average molecular weight is 410 g/mol. The third-order valence-corrected chi connectivity index (χ3v) is 6.00. The first-order chi connectivity index (χ1) is 13.8. The molecule has 0 aliphatic carbocycles. The highest BCUT2D eigenvalue weighted by atomic mass is 32.2. The number of amides is 1. The first kappa shape index (κ1) is 20.4. The second-order valence-electron chi connectivity index (χ2n) is 6.58. The summed E-state index contributed by atoms with van der Waals surface area (Å²) in [5, 5.41) is 2.85. The van der Waals surface area contributed by atoms with Crippen molar-refractivity contribution < 1.29 is 17.9 Å². The van der Waals surface area contributed by atoms with Gasteiger partial charge in [-0.3, -0.25) is 9.52 Å². The molecule has 0 radical (unpaired) electrons. The average Bonchev–Trinajstić information content (AvgIpc) is 2.69. The van der Waals surface area contributed by atoms with Crippen LogP contribution in [0.1, 0.15) is 21.5 Å². The van der Waals surface area contributed by atoms with E-state index in [1.807, 2.05) is 31.2 Å². The van der Waals surface area contributed by atoms with Crippen LogP contribution in [-0.4, -0.2) is 21.4 Å². The van der Waals surface area contributed by atoms with Gasteiger partial charge >= 0.3 is 0 Å². The summed E-state index contributed by atoms with van der Waals surface area (Å²) in [5.74, 6) is 0.336. The van der Waals surface area contributed by atoms with Gasteiger partial charge in [0.2, 0.25) is 0 Å². The molecule has 7 heteroatoms. The number of benzene rings is 3. The van der Waals surface area contributed by atoms with Crippen molar-refractivity contribution in [3.05, 3.63) is 83.4 Å². The number of ether oxygens (including phenoxy) is 1. The van der Waals surface area contributed by atoms with E-state index in [9.17, 15) is 13.2 Å². The Morgan fingerprint density at radius 2 is 1.59 bits per heavy atom. The maximum atomic E-state index is 12.8. The molecule has 0 heterocycles. The molecular weight excluding hydrogens is 388 g/mol. The van der Waals surface area contributed by atoms with E-state index < -0.39 is 10.0 Å². The van der Waals surface area contributed by atoms with Crippen LogP contribution >= 0.6 is 0 Å². The topological polar surface area (TPSA) is 84.5 Å². The molecule has 1 amide bonds. The van der Waals surface area contributed by atoms with E-state index >= 15 is 0 Å². The van der Waals surface area contributed by atoms with Gasteiger partial charge < -0.3 is 10.1 Å². The molecule has 29 heavy (non-hydrogen) atoms. The van der Waals surface area contributed by atoms with Gasteiger partial charge in [0, 0.05) is 16.9 Å². The van der Waals surface area contributed by atoms with Crippen molar-refractivity contribution in [2.24, 2.45) is 0 Å². The summed E-state index contributed by atoms with van der Waals surface area (Å²) in [6.45, 7) is 3.56. The number of rotatable bonds is 6. The van der Waals surface area contributed by atoms with Crippen LogP contribution in [0.2, 0.25) is 0 Å². The molecule has 3 aromatic carbocycles. The second kappa shape index (κ2) is 8.36. The van der Waals surface area contributed by atoms with E-state index in [0.29, 0.717) is 28.3 Å². The molecule has 2 N–H and O–H groups in total. The summed E-state index contributed by atoms with van der Waals surface area (Å²) < 4.78 is 33.1. The predicted molar refractivity (Wildman–Crippen MR) is 114 cm³/mol. The lowest BCUT2D eigenvalue weighted by atomic mass is 10.1. The highest BCUT2D eigenvalue weighted by Gasteiger charge is 2.19. The van der Waals surface area contributed by atoms with Crippen LogP contribution in [0.5, 0.6) is 5.75 Å². The minimum absolute atomic E-state index is 0.112. The Balaban J connectivity index is 1.80. The van der Waals surface area contributed by atoms with Gasteiger partial charge in [-0.15, -0.1) is 0 Å². The first-order valence-electron chi connectivity index (χ1n) is 8.94. The number of carbonyl (C=O) groups excluding carboxylic acids is 1. The Morgan fingerprint density at radius 3 is 2.21 bits per heavy atom. The molecule has 0 saturated heterocycles. The molecule has 3 aromatic rings. The fourth-order valence-corrected chi connectivity index (χ4v) is 4.16. The maximum Gasteiger partial charge on any atom is 0.262 e. The van der Waals surface area contributed by atoms with Gasteiger partial charge in [-0.05, 0) is 73.5 Å². The molecule has 0 saturated carbocycles. The number of nitrogens with one attached hydrogen (secondary N) is 2. The number of methoxy groups -OCH3 is 1. The van der Waals surface area contributed by atoms with Crippen LogP contribution in [0.15, 0.2) is 71.6 Å². The standard InChI is InChI=1S/C22H22N2O4S/c1-15-6-4-5-7-20(15)23-22(25)17-8-13-21(16(2)14-17)29(26,27)24-18-9-11-19(28-3)12-10-18/h4-14,24H,1-3H3,(H,23,25). The summed E-state index contributed by atoms with van der Waals surface area (Å²) >= 11 is 0. The molecule has 0 aliphatic rings. The molecule has 0 unspecified atom stereocenters. The summed E-state index contributed by atoms with van der Waals surface area (Å²) in [4.78, 5) is 12.7. The number of sulfonamides is 1. The van der Waals surface area contributed by atoms with Crippen LogP contribution < -0.4 is 14.8 Å². The molecule has 0 atom stereocenters. The van der Waals surface area contributed by atoms with E-state index in [1.165, 1.54) is 12.1 Å². The smallest absolute Gasteiger partial charge is 0.262 e. The highest BCUT2D eigenvalue weighted by Crippen LogP contribution is 2.23. The third-order valence-electron chi connectivity index (χ3n) is 4.46. The number of aryl methyl sites for hydroxylation is 2. The third kappa shape index (κ3) is 4.75. The van der Waals surface area contributed by atoms with Crippen molar-refractivity contribution in [1.29, 1.82) is 0 Å². The molecule has 6 nitrogen and oxygen atoms in total. The largest absolute Gasteiger partial charge is 0.497 e. The van der Waals surface area contributed by atoms with Crippen LogP contribution in [-0.2, 0) is 10.0 Å². The fraction of sp³-hybridized carbons (Fsp3) is 0.136. The fourth-order valence-electron chi connectivity index (χ4n) is 2.87. The first-order valence-corrected chi connectivity index (χ1v) is 10.4. The van der Waals surface area contributed by atoms with E-state index in [2.05, 4.69) is 10.0 Å². The molecular formula is C22H22N2O4S. The number of carbonyl (C=O) groups is 1. The molecule has 0 spiro atoms. The van der Waals surface area contributed by atoms with Crippen molar-refractivity contribution in [3.8, 4) is 5.75 Å². The number of hydrogen-bond donors (Lipinski definition) is 2. The van der Waals surface area contributed by atoms with Crippen LogP contribution in [0.25, 0.3) is 0 Å². The van der Waals surface area contributed by atoms with Gasteiger partial charge in [0.15, 0.2) is 0 Å². The molecule has 0 bridgehead atoms. The quantitative estimate of drug-likeness (QED) is 0.632. The Morgan fingerprint density at radius 1 is 0.897 bits per heavy atom. The maximum absolute atomic E-state index is 12.8. The van der Waals surface area contributed by atoms with Crippen molar-refractivity contribution in [2.75, 3.05) is 17.1 Å². The minimum atomic E-state index is -3.79. The van der Waals surface area contributed by atoms with Crippen molar-refractivity contribution in [2.45, 2.75) is 18.7 Å². The number of anilines is 2. The second-order valence-corrected chi connectivity index (χ2v) is 8.23. The lowest BCUT2D eigenvalue weighted by Crippen LogP contribution is -2.16. The SMILES string of the molecule is COc1ccc(NS(=O)(=O)c2ccc(C(=O)Nc3ccccc3C)cc2C)cc1. The zero-order valence-corrected chi connectivity index (χ0v) is 17.2. The van der Waals surface area contributed by atoms with Crippen molar-refractivity contribution in [1.82, 2.24) is 0 Å². The number of para-hydroxylation sites is 1. The van der Waals surface area contributed by atoms with Gasteiger partial charge in [-0.25, -0.2) is 8.42 Å².